The summed E-state index contributed by atoms with van der Waals surface area (Å²) in [5.41, 5.74) is -1.05. The summed E-state index contributed by atoms with van der Waals surface area (Å²) < 4.78 is 0. The number of aliphatic hydroxyl groups is 3. The maximum atomic E-state index is 13.3. The molecule has 0 aromatic carbocycles. The van der Waals surface area contributed by atoms with Crippen molar-refractivity contribution in [2.75, 3.05) is 0 Å². The second kappa shape index (κ2) is 7.63. The van der Waals surface area contributed by atoms with E-state index in [-0.39, 0.29) is 35.5 Å². The molecule has 9 atom stereocenters. The third kappa shape index (κ3) is 3.16. The number of carbonyl (C=O) groups excluding carboxylic acids is 2. The van der Waals surface area contributed by atoms with Crippen LogP contribution in [0.1, 0.15) is 85.5 Å². The van der Waals surface area contributed by atoms with Crippen LogP contribution in [0.3, 0.4) is 0 Å². The van der Waals surface area contributed by atoms with Gasteiger partial charge in [-0.2, -0.15) is 0 Å². The molecule has 5 rings (SSSR count). The minimum Gasteiger partial charge on any atom is -0.390 e. The summed E-state index contributed by atoms with van der Waals surface area (Å²) in [4.78, 5) is 28.2. The zero-order valence-electron chi connectivity index (χ0n) is 20.6. The summed E-state index contributed by atoms with van der Waals surface area (Å²) in [6.07, 6.45) is 6.50. The number of hydrogen-bond donors (Lipinski definition) is 3. The molecule has 0 spiro atoms. The Kier molecular flexibility index (Phi) is 5.43. The van der Waals surface area contributed by atoms with Gasteiger partial charge in [-0.15, -0.1) is 0 Å². The Morgan fingerprint density at radius 3 is 2.45 bits per heavy atom. The van der Waals surface area contributed by atoms with Crippen molar-refractivity contribution in [2.24, 2.45) is 28.6 Å². The van der Waals surface area contributed by atoms with Gasteiger partial charge in [0, 0.05) is 29.8 Å². The van der Waals surface area contributed by atoms with Crippen LogP contribution in [0.2, 0.25) is 0 Å². The van der Waals surface area contributed by atoms with E-state index in [4.69, 9.17) is 0 Å². The minimum atomic E-state index is -1.07. The average Bonchev–Trinajstić information content (AvgIpc) is 3.54. The van der Waals surface area contributed by atoms with Crippen LogP contribution in [0.5, 0.6) is 0 Å². The van der Waals surface area contributed by atoms with Gasteiger partial charge in [-0.3, -0.25) is 9.59 Å². The van der Waals surface area contributed by atoms with Gasteiger partial charge in [0.1, 0.15) is 0 Å². The van der Waals surface area contributed by atoms with Crippen LogP contribution in [0, 0.1) is 28.6 Å². The summed E-state index contributed by atoms with van der Waals surface area (Å²) in [5.74, 6) is 0.104. The van der Waals surface area contributed by atoms with E-state index in [1.54, 1.807) is 6.08 Å². The van der Waals surface area contributed by atoms with Crippen molar-refractivity contribution in [1.29, 1.82) is 0 Å². The van der Waals surface area contributed by atoms with Crippen LogP contribution in [0.15, 0.2) is 11.6 Å². The third-order valence-electron chi connectivity index (χ3n) is 10.7. The molecule has 0 bridgehead atoms. The molecule has 5 aliphatic carbocycles. The number of fused-ring (bicyclic) bond motifs is 5. The van der Waals surface area contributed by atoms with E-state index in [0.29, 0.717) is 31.7 Å². The number of nitrogens with zero attached hydrogens (tertiary/aromatic N) is 1. The lowest BCUT2D eigenvalue weighted by Gasteiger charge is -2.60. The topological polar surface area (TPSA) is 98.1 Å². The molecular weight excluding hydrogens is 418 g/mol. The number of aliphatic hydroxyl groups excluding tert-OH is 2. The average molecular weight is 460 g/mol. The Labute approximate surface area is 197 Å². The smallest absolute Gasteiger partial charge is 0.222 e. The molecule has 184 valence electrons. The van der Waals surface area contributed by atoms with E-state index in [2.05, 4.69) is 25.7 Å². The highest BCUT2D eigenvalue weighted by Crippen LogP contribution is 2.67. The van der Waals surface area contributed by atoms with Crippen LogP contribution in [-0.2, 0) is 9.59 Å². The SMILES string of the molecule is CCC(=O)N(C1CC1)C(C)[C@H]1CC[C@@]2(O)C3=CC(=O)[C@@H]4C[C@@H](O)[C@@H](O)C[C@]4(C)C3CC[C@]12C. The number of ketones is 1. The summed E-state index contributed by atoms with van der Waals surface area (Å²) in [5, 5.41) is 33.1. The van der Waals surface area contributed by atoms with Crippen LogP contribution < -0.4 is 0 Å². The standard InChI is InChI=1S/C27H41NO5/c1-5-24(32)28(16-6-7-16)15(2)17-9-11-27(33)19-12-21(29)20-13-22(30)23(31)14-25(20,3)18(19)8-10-26(17,27)4/h12,15-18,20,22-23,30-31,33H,5-11,13-14H2,1-4H3/t15?,17-,18?,20+,22-,23+,25-,26-,27-/m1/s1. The Morgan fingerprint density at radius 2 is 1.82 bits per heavy atom. The maximum Gasteiger partial charge on any atom is 0.222 e. The molecule has 33 heavy (non-hydrogen) atoms. The largest absolute Gasteiger partial charge is 0.390 e. The first-order valence-corrected chi connectivity index (χ1v) is 13.1. The predicted octanol–water partition coefficient (Wildman–Crippen LogP) is 2.98. The van der Waals surface area contributed by atoms with Crippen molar-refractivity contribution >= 4 is 11.7 Å². The summed E-state index contributed by atoms with van der Waals surface area (Å²) >= 11 is 0. The van der Waals surface area contributed by atoms with Gasteiger partial charge < -0.3 is 20.2 Å². The fraction of sp³-hybridized carbons (Fsp3) is 0.852. The van der Waals surface area contributed by atoms with Crippen molar-refractivity contribution in [3.63, 3.8) is 0 Å². The van der Waals surface area contributed by atoms with Gasteiger partial charge in [0.25, 0.3) is 0 Å². The summed E-state index contributed by atoms with van der Waals surface area (Å²) in [6.45, 7) is 8.35. The molecule has 0 aliphatic heterocycles. The van der Waals surface area contributed by atoms with Gasteiger partial charge in [-0.25, -0.2) is 0 Å². The minimum absolute atomic E-state index is 0.00959. The number of hydrogen-bond acceptors (Lipinski definition) is 5. The molecule has 4 saturated carbocycles. The van der Waals surface area contributed by atoms with E-state index in [0.717, 1.165) is 37.7 Å². The lowest BCUT2D eigenvalue weighted by atomic mass is 9.46. The Bertz CT molecular complexity index is 882. The third-order valence-corrected chi connectivity index (χ3v) is 10.7. The van der Waals surface area contributed by atoms with Crippen LogP contribution >= 0.6 is 0 Å². The first-order chi connectivity index (χ1) is 15.5. The molecule has 1 amide bonds. The quantitative estimate of drug-likeness (QED) is 0.600. The Hall–Kier alpha value is -1.24. The van der Waals surface area contributed by atoms with E-state index in [1.807, 2.05) is 6.92 Å². The molecule has 0 aromatic heterocycles. The number of rotatable bonds is 4. The molecule has 4 fully saturated rings. The molecule has 3 N–H and O–H groups in total. The highest BCUT2D eigenvalue weighted by molar-refractivity contribution is 5.95. The predicted molar refractivity (Wildman–Crippen MR) is 124 cm³/mol. The molecule has 0 saturated heterocycles. The van der Waals surface area contributed by atoms with E-state index in [9.17, 15) is 24.9 Å². The highest BCUT2D eigenvalue weighted by atomic mass is 16.3. The normalized spacial score (nSPS) is 47.8. The molecule has 6 nitrogen and oxygen atoms in total. The summed E-state index contributed by atoms with van der Waals surface area (Å²) in [6, 6.07) is 0.404. The number of amides is 1. The van der Waals surface area contributed by atoms with E-state index in [1.165, 1.54) is 0 Å². The van der Waals surface area contributed by atoms with E-state index >= 15 is 0 Å². The van der Waals surface area contributed by atoms with Gasteiger partial charge in [0.05, 0.1) is 17.8 Å². The Balaban J connectivity index is 1.50. The van der Waals surface area contributed by atoms with E-state index < -0.39 is 28.6 Å². The molecular formula is C27H41NO5. The summed E-state index contributed by atoms with van der Waals surface area (Å²) in [7, 11) is 0. The van der Waals surface area contributed by atoms with Crippen molar-refractivity contribution in [3.05, 3.63) is 11.6 Å². The van der Waals surface area contributed by atoms with Crippen LogP contribution in [0.25, 0.3) is 0 Å². The number of allylic oxidation sites excluding steroid dienone is 1. The first kappa shape index (κ1) is 23.5. The van der Waals surface area contributed by atoms with Gasteiger partial charge in [-0.05, 0) is 87.2 Å². The zero-order valence-corrected chi connectivity index (χ0v) is 20.6. The fourth-order valence-corrected chi connectivity index (χ4v) is 8.68. The molecule has 6 heteroatoms. The van der Waals surface area contributed by atoms with Crippen molar-refractivity contribution in [3.8, 4) is 0 Å². The molecule has 0 heterocycles. The Morgan fingerprint density at radius 1 is 1.12 bits per heavy atom. The molecule has 0 radical (unpaired) electrons. The maximum absolute atomic E-state index is 13.3. The van der Waals surface area contributed by atoms with Crippen LogP contribution in [0.4, 0.5) is 0 Å². The monoisotopic (exact) mass is 459 g/mol. The fourth-order valence-electron chi connectivity index (χ4n) is 8.68. The zero-order chi connectivity index (χ0) is 23.9. The first-order valence-electron chi connectivity index (χ1n) is 13.1. The number of carbonyl (C=O) groups is 2. The van der Waals surface area contributed by atoms with Crippen molar-refractivity contribution in [2.45, 2.75) is 115 Å². The molecule has 0 aromatic rings. The van der Waals surface area contributed by atoms with Crippen molar-refractivity contribution < 1.29 is 24.9 Å². The van der Waals surface area contributed by atoms with Gasteiger partial charge >= 0.3 is 0 Å². The molecule has 2 unspecified atom stereocenters. The second-order valence-electron chi connectivity index (χ2n) is 12.3. The lowest BCUT2D eigenvalue weighted by molar-refractivity contribution is -0.154. The van der Waals surface area contributed by atoms with Gasteiger partial charge in [-0.1, -0.05) is 20.8 Å². The second-order valence-corrected chi connectivity index (χ2v) is 12.3. The van der Waals surface area contributed by atoms with Gasteiger partial charge in [0.15, 0.2) is 5.78 Å². The molecule has 5 aliphatic rings. The van der Waals surface area contributed by atoms with Crippen LogP contribution in [-0.4, -0.2) is 61.8 Å². The van der Waals surface area contributed by atoms with Gasteiger partial charge in [0.2, 0.25) is 5.91 Å². The highest BCUT2D eigenvalue weighted by Gasteiger charge is 2.67. The van der Waals surface area contributed by atoms with Crippen molar-refractivity contribution in [1.82, 2.24) is 4.90 Å². The lowest BCUT2D eigenvalue weighted by Crippen LogP contribution is -2.61.